The summed E-state index contributed by atoms with van der Waals surface area (Å²) in [4.78, 5) is 13.6. The van der Waals surface area contributed by atoms with Gasteiger partial charge in [0.25, 0.3) is 0 Å². The zero-order valence-corrected chi connectivity index (χ0v) is 14.4. The number of nitrogens with zero attached hydrogens (tertiary/aromatic N) is 3. The van der Waals surface area contributed by atoms with Crippen LogP contribution in [0.4, 0.5) is 11.6 Å². The highest BCUT2D eigenvalue weighted by Gasteiger charge is 2.16. The highest BCUT2D eigenvalue weighted by atomic mass is 16.3. The van der Waals surface area contributed by atoms with Crippen molar-refractivity contribution in [1.29, 1.82) is 0 Å². The summed E-state index contributed by atoms with van der Waals surface area (Å²) in [5.74, 6) is 1.55. The minimum atomic E-state index is 0.133. The molecule has 4 aromatic rings. The maximum atomic E-state index is 9.06. The summed E-state index contributed by atoms with van der Waals surface area (Å²) in [5, 5.41) is 28.9. The van der Waals surface area contributed by atoms with Crippen LogP contribution in [0.5, 0.6) is 0 Å². The molecule has 0 amide bonds. The zero-order chi connectivity index (χ0) is 17.9. The molecular weight excluding hydrogens is 330 g/mol. The van der Waals surface area contributed by atoms with Gasteiger partial charge in [-0.15, -0.1) is 0 Å². The Morgan fingerprint density at radius 3 is 1.77 bits per heavy atom. The van der Waals surface area contributed by atoms with Crippen molar-refractivity contribution < 1.29 is 10.2 Å². The molecule has 0 saturated carbocycles. The van der Waals surface area contributed by atoms with E-state index in [-0.39, 0.29) is 13.2 Å². The number of benzene rings is 2. The van der Waals surface area contributed by atoms with Gasteiger partial charge in [0.05, 0.1) is 11.0 Å². The van der Waals surface area contributed by atoms with Crippen LogP contribution in [0.15, 0.2) is 30.6 Å². The molecule has 0 radical (unpaired) electrons. The van der Waals surface area contributed by atoms with Gasteiger partial charge in [-0.05, 0) is 37.1 Å². The first-order valence-electron chi connectivity index (χ1n) is 8.82. The third-order valence-corrected chi connectivity index (χ3v) is 4.50. The average molecular weight is 351 g/mol. The topological polar surface area (TPSA) is 103 Å². The molecule has 0 aliphatic carbocycles. The van der Waals surface area contributed by atoms with Crippen LogP contribution in [0.2, 0.25) is 0 Å². The maximum absolute atomic E-state index is 9.06. The average Bonchev–Trinajstić information content (AvgIpc) is 2.68. The monoisotopic (exact) mass is 351 g/mol. The molecule has 0 aliphatic rings. The van der Waals surface area contributed by atoms with E-state index in [0.29, 0.717) is 25.9 Å². The van der Waals surface area contributed by atoms with Crippen LogP contribution in [0.25, 0.3) is 32.6 Å². The van der Waals surface area contributed by atoms with E-state index in [1.165, 1.54) is 0 Å². The lowest BCUT2D eigenvalue weighted by Gasteiger charge is -2.17. The molecule has 0 saturated heterocycles. The molecule has 2 aromatic heterocycles. The van der Waals surface area contributed by atoms with Crippen LogP contribution in [0, 0.1) is 0 Å². The van der Waals surface area contributed by atoms with Crippen molar-refractivity contribution in [3.05, 3.63) is 30.6 Å². The molecule has 2 aromatic carbocycles. The molecule has 2 heterocycles. The SMILES string of the molecule is OCCCNc1nc(NCCCO)c2ccc3ncnc4ccc1c2c43. The number of aliphatic hydroxyl groups is 2. The van der Waals surface area contributed by atoms with Crippen LogP contribution in [0.1, 0.15) is 12.8 Å². The van der Waals surface area contributed by atoms with Crippen molar-refractivity contribution in [2.75, 3.05) is 36.9 Å². The number of aromatic nitrogens is 3. The van der Waals surface area contributed by atoms with Crippen molar-refractivity contribution in [3.63, 3.8) is 0 Å². The second-order valence-corrected chi connectivity index (χ2v) is 6.21. The first kappa shape index (κ1) is 16.7. The fourth-order valence-corrected chi connectivity index (χ4v) is 3.30. The Morgan fingerprint density at radius 2 is 1.27 bits per heavy atom. The van der Waals surface area contributed by atoms with Crippen LogP contribution < -0.4 is 10.6 Å². The minimum absolute atomic E-state index is 0.133. The smallest absolute Gasteiger partial charge is 0.136 e. The third kappa shape index (κ3) is 2.85. The van der Waals surface area contributed by atoms with E-state index in [2.05, 4.69) is 20.6 Å². The van der Waals surface area contributed by atoms with E-state index in [1.807, 2.05) is 24.3 Å². The number of rotatable bonds is 8. The van der Waals surface area contributed by atoms with Crippen molar-refractivity contribution in [2.45, 2.75) is 12.8 Å². The fourth-order valence-electron chi connectivity index (χ4n) is 3.30. The van der Waals surface area contributed by atoms with E-state index < -0.39 is 0 Å². The Balaban J connectivity index is 1.94. The Bertz CT molecular complexity index is 962. The van der Waals surface area contributed by atoms with Gasteiger partial charge >= 0.3 is 0 Å². The molecule has 0 aliphatic heterocycles. The summed E-state index contributed by atoms with van der Waals surface area (Å²) < 4.78 is 0. The van der Waals surface area contributed by atoms with E-state index in [4.69, 9.17) is 15.2 Å². The van der Waals surface area contributed by atoms with Gasteiger partial charge in [0.15, 0.2) is 0 Å². The summed E-state index contributed by atoms with van der Waals surface area (Å²) in [6, 6.07) is 8.04. The number of nitrogens with one attached hydrogen (secondary N) is 2. The highest BCUT2D eigenvalue weighted by molar-refractivity contribution is 6.25. The first-order valence-corrected chi connectivity index (χ1v) is 8.82. The number of pyridine rings is 1. The third-order valence-electron chi connectivity index (χ3n) is 4.50. The predicted molar refractivity (Wildman–Crippen MR) is 104 cm³/mol. The van der Waals surface area contributed by atoms with Gasteiger partial charge in [0.2, 0.25) is 0 Å². The normalized spacial score (nSPS) is 11.6. The number of anilines is 2. The summed E-state index contributed by atoms with van der Waals surface area (Å²) >= 11 is 0. The molecule has 4 rings (SSSR count). The molecule has 26 heavy (non-hydrogen) atoms. The van der Waals surface area contributed by atoms with Gasteiger partial charge in [-0.1, -0.05) is 0 Å². The Morgan fingerprint density at radius 1 is 0.731 bits per heavy atom. The molecule has 134 valence electrons. The van der Waals surface area contributed by atoms with Gasteiger partial charge in [0, 0.05) is 47.8 Å². The van der Waals surface area contributed by atoms with E-state index in [1.54, 1.807) is 6.33 Å². The standard InChI is InChI=1S/C19H21N5O2/c25-9-1-7-20-18-12-3-5-14-17-15(23-11-22-14)6-4-13(16(12)17)19(24-18)21-8-2-10-26/h3-6,11,25-26H,1-2,7-10H2,(H2,20,21,24). The van der Waals surface area contributed by atoms with Gasteiger partial charge in [-0.25, -0.2) is 15.0 Å². The Kier molecular flexibility index (Phi) is 4.64. The number of hydrogen-bond donors (Lipinski definition) is 4. The van der Waals surface area contributed by atoms with Crippen molar-refractivity contribution in [1.82, 2.24) is 15.0 Å². The predicted octanol–water partition coefficient (Wildman–Crippen LogP) is 2.36. The molecule has 7 nitrogen and oxygen atoms in total. The van der Waals surface area contributed by atoms with Crippen LogP contribution in [0.3, 0.4) is 0 Å². The Labute approximate surface area is 150 Å². The largest absolute Gasteiger partial charge is 0.396 e. The minimum Gasteiger partial charge on any atom is -0.396 e. The fraction of sp³-hybridized carbons (Fsp3) is 0.316. The van der Waals surface area contributed by atoms with Gasteiger partial charge < -0.3 is 20.8 Å². The Hall–Kier alpha value is -2.77. The second kappa shape index (κ2) is 7.23. The molecular formula is C19H21N5O2. The summed E-state index contributed by atoms with van der Waals surface area (Å²) in [6.07, 6.45) is 2.89. The molecule has 0 bridgehead atoms. The van der Waals surface area contributed by atoms with E-state index in [0.717, 1.165) is 44.2 Å². The van der Waals surface area contributed by atoms with E-state index in [9.17, 15) is 0 Å². The summed E-state index contributed by atoms with van der Waals surface area (Å²) in [7, 11) is 0. The molecule has 4 N–H and O–H groups in total. The van der Waals surface area contributed by atoms with Gasteiger partial charge in [-0.3, -0.25) is 0 Å². The maximum Gasteiger partial charge on any atom is 0.136 e. The summed E-state index contributed by atoms with van der Waals surface area (Å²) in [6.45, 7) is 1.54. The van der Waals surface area contributed by atoms with Crippen molar-refractivity contribution >= 4 is 44.2 Å². The molecule has 7 heteroatoms. The number of aliphatic hydroxyl groups excluding tert-OH is 2. The van der Waals surface area contributed by atoms with Gasteiger partial charge in [0.1, 0.15) is 18.0 Å². The lowest BCUT2D eigenvalue weighted by Crippen LogP contribution is -2.10. The first-order chi connectivity index (χ1) is 12.8. The summed E-state index contributed by atoms with van der Waals surface area (Å²) in [5.41, 5.74) is 1.81. The molecule has 0 unspecified atom stereocenters. The molecule has 0 spiro atoms. The lowest BCUT2D eigenvalue weighted by molar-refractivity contribution is 0.292. The van der Waals surface area contributed by atoms with Crippen LogP contribution in [-0.4, -0.2) is 51.5 Å². The molecule has 0 atom stereocenters. The number of hydrogen-bond acceptors (Lipinski definition) is 7. The van der Waals surface area contributed by atoms with E-state index >= 15 is 0 Å². The van der Waals surface area contributed by atoms with Crippen LogP contribution in [-0.2, 0) is 0 Å². The lowest BCUT2D eigenvalue weighted by atomic mass is 9.99. The molecule has 0 fully saturated rings. The highest BCUT2D eigenvalue weighted by Crippen LogP contribution is 2.38. The zero-order valence-electron chi connectivity index (χ0n) is 14.4. The van der Waals surface area contributed by atoms with Gasteiger partial charge in [-0.2, -0.15) is 0 Å². The quantitative estimate of drug-likeness (QED) is 0.285. The van der Waals surface area contributed by atoms with Crippen molar-refractivity contribution in [3.8, 4) is 0 Å². The second-order valence-electron chi connectivity index (χ2n) is 6.21. The van der Waals surface area contributed by atoms with Crippen molar-refractivity contribution in [2.24, 2.45) is 0 Å². The van der Waals surface area contributed by atoms with Crippen LogP contribution >= 0.6 is 0 Å².